The van der Waals surface area contributed by atoms with Crippen molar-refractivity contribution in [2.45, 2.75) is 36.8 Å². The van der Waals surface area contributed by atoms with Gasteiger partial charge < -0.3 is 10.5 Å². The van der Waals surface area contributed by atoms with Crippen molar-refractivity contribution in [1.82, 2.24) is 4.90 Å². The molecule has 4 heteroatoms. The molecule has 0 saturated carbocycles. The van der Waals surface area contributed by atoms with Crippen LogP contribution in [0.25, 0.3) is 0 Å². The maximum absolute atomic E-state index is 6.05. The number of thioether (sulfide) groups is 1. The Kier molecular flexibility index (Phi) is 5.97. The largest absolute Gasteiger partial charge is 0.385 e. The highest BCUT2D eigenvalue weighted by Crippen LogP contribution is 2.24. The Balaban J connectivity index is 2.24. The highest BCUT2D eigenvalue weighted by Gasteiger charge is 2.23. The lowest BCUT2D eigenvalue weighted by atomic mass is 10.2. The SMILES string of the molecule is COCCC(N)CN1CC(C)SC(C)C1. The van der Waals surface area contributed by atoms with E-state index in [0.29, 0.717) is 0 Å². The van der Waals surface area contributed by atoms with Crippen LogP contribution in [-0.2, 0) is 4.74 Å². The van der Waals surface area contributed by atoms with Crippen LogP contribution in [0.1, 0.15) is 20.3 Å². The molecule has 0 amide bonds. The Morgan fingerprint density at radius 2 is 2.00 bits per heavy atom. The van der Waals surface area contributed by atoms with Gasteiger partial charge in [-0.05, 0) is 6.42 Å². The number of rotatable bonds is 5. The van der Waals surface area contributed by atoms with E-state index in [-0.39, 0.29) is 6.04 Å². The van der Waals surface area contributed by atoms with Gasteiger partial charge in [0.05, 0.1) is 0 Å². The molecule has 1 heterocycles. The topological polar surface area (TPSA) is 38.5 Å². The molecule has 0 aromatic rings. The number of ether oxygens (including phenoxy) is 1. The molecule has 15 heavy (non-hydrogen) atoms. The normalized spacial score (nSPS) is 30.4. The van der Waals surface area contributed by atoms with Crippen LogP contribution in [0.15, 0.2) is 0 Å². The smallest absolute Gasteiger partial charge is 0.0477 e. The van der Waals surface area contributed by atoms with Crippen LogP contribution in [0, 0.1) is 0 Å². The Labute approximate surface area is 97.7 Å². The van der Waals surface area contributed by atoms with E-state index in [4.69, 9.17) is 10.5 Å². The van der Waals surface area contributed by atoms with Gasteiger partial charge in [0.1, 0.15) is 0 Å². The first kappa shape index (κ1) is 13.3. The predicted molar refractivity (Wildman–Crippen MR) is 67.4 cm³/mol. The van der Waals surface area contributed by atoms with Gasteiger partial charge in [0.25, 0.3) is 0 Å². The molecule has 1 saturated heterocycles. The fourth-order valence-corrected chi connectivity index (χ4v) is 3.51. The van der Waals surface area contributed by atoms with Crippen molar-refractivity contribution < 1.29 is 4.74 Å². The maximum Gasteiger partial charge on any atom is 0.0477 e. The molecule has 3 unspecified atom stereocenters. The first-order valence-electron chi connectivity index (χ1n) is 5.74. The summed E-state index contributed by atoms with van der Waals surface area (Å²) >= 11 is 2.08. The zero-order valence-electron chi connectivity index (χ0n) is 10.1. The van der Waals surface area contributed by atoms with Crippen molar-refractivity contribution in [3.8, 4) is 0 Å². The van der Waals surface area contributed by atoms with Crippen molar-refractivity contribution in [3.63, 3.8) is 0 Å². The summed E-state index contributed by atoms with van der Waals surface area (Å²) in [6, 6.07) is 0.257. The van der Waals surface area contributed by atoms with Crippen LogP contribution >= 0.6 is 11.8 Å². The van der Waals surface area contributed by atoms with Crippen molar-refractivity contribution in [2.75, 3.05) is 33.4 Å². The van der Waals surface area contributed by atoms with E-state index >= 15 is 0 Å². The highest BCUT2D eigenvalue weighted by atomic mass is 32.2. The summed E-state index contributed by atoms with van der Waals surface area (Å²) in [6.45, 7) is 8.74. The molecular weight excluding hydrogens is 208 g/mol. The number of methoxy groups -OCH3 is 1. The molecule has 1 rings (SSSR count). The maximum atomic E-state index is 6.05. The Bertz CT molecular complexity index is 170. The Hall–Kier alpha value is 0.230. The number of hydrogen-bond acceptors (Lipinski definition) is 4. The summed E-state index contributed by atoms with van der Waals surface area (Å²) in [5.74, 6) is 0. The van der Waals surface area contributed by atoms with E-state index in [1.165, 1.54) is 13.1 Å². The minimum atomic E-state index is 0.257. The Morgan fingerprint density at radius 3 is 2.53 bits per heavy atom. The van der Waals surface area contributed by atoms with Gasteiger partial charge >= 0.3 is 0 Å². The average Bonchev–Trinajstić information content (AvgIpc) is 2.13. The van der Waals surface area contributed by atoms with Gasteiger partial charge in [0, 0.05) is 49.9 Å². The molecule has 3 nitrogen and oxygen atoms in total. The van der Waals surface area contributed by atoms with Crippen molar-refractivity contribution in [1.29, 1.82) is 0 Å². The summed E-state index contributed by atoms with van der Waals surface area (Å²) in [5.41, 5.74) is 6.05. The molecule has 0 aromatic carbocycles. The molecular formula is C11H24N2OS. The van der Waals surface area contributed by atoms with E-state index in [9.17, 15) is 0 Å². The van der Waals surface area contributed by atoms with E-state index < -0.39 is 0 Å². The first-order valence-corrected chi connectivity index (χ1v) is 6.68. The second-order valence-electron chi connectivity index (χ2n) is 4.52. The van der Waals surface area contributed by atoms with Crippen LogP contribution in [0.4, 0.5) is 0 Å². The molecule has 0 spiro atoms. The first-order chi connectivity index (χ1) is 7.11. The van der Waals surface area contributed by atoms with Gasteiger partial charge in [-0.25, -0.2) is 0 Å². The van der Waals surface area contributed by atoms with E-state index in [2.05, 4.69) is 30.5 Å². The molecule has 0 bridgehead atoms. The monoisotopic (exact) mass is 232 g/mol. The van der Waals surface area contributed by atoms with Gasteiger partial charge in [-0.1, -0.05) is 13.8 Å². The zero-order chi connectivity index (χ0) is 11.3. The third kappa shape index (κ3) is 5.20. The third-order valence-corrected chi connectivity index (χ3v) is 3.91. The number of nitrogens with two attached hydrogens (primary N) is 1. The van der Waals surface area contributed by atoms with Crippen LogP contribution in [0.2, 0.25) is 0 Å². The fraction of sp³-hybridized carbons (Fsp3) is 1.00. The fourth-order valence-electron chi connectivity index (χ4n) is 2.13. The second-order valence-corrected chi connectivity index (χ2v) is 6.40. The molecule has 1 fully saturated rings. The van der Waals surface area contributed by atoms with Crippen LogP contribution in [0.5, 0.6) is 0 Å². The third-order valence-electron chi connectivity index (χ3n) is 2.68. The lowest BCUT2D eigenvalue weighted by Gasteiger charge is -2.35. The van der Waals surface area contributed by atoms with Gasteiger partial charge in [0.2, 0.25) is 0 Å². The summed E-state index contributed by atoms with van der Waals surface area (Å²) in [6.07, 6.45) is 0.961. The summed E-state index contributed by atoms with van der Waals surface area (Å²) in [4.78, 5) is 2.49. The lowest BCUT2D eigenvalue weighted by molar-refractivity contribution is 0.174. The molecule has 1 aliphatic rings. The Morgan fingerprint density at radius 1 is 1.40 bits per heavy atom. The molecule has 2 N–H and O–H groups in total. The van der Waals surface area contributed by atoms with Crippen molar-refractivity contribution >= 4 is 11.8 Å². The molecule has 1 aliphatic heterocycles. The number of nitrogens with zero attached hydrogens (tertiary/aromatic N) is 1. The quantitative estimate of drug-likeness (QED) is 0.772. The van der Waals surface area contributed by atoms with E-state index in [0.717, 1.165) is 30.1 Å². The van der Waals surface area contributed by atoms with Crippen molar-refractivity contribution in [3.05, 3.63) is 0 Å². The molecule has 90 valence electrons. The summed E-state index contributed by atoms with van der Waals surface area (Å²) in [7, 11) is 1.73. The molecule has 0 aromatic heterocycles. The lowest BCUT2D eigenvalue weighted by Crippen LogP contribution is -2.46. The van der Waals surface area contributed by atoms with Gasteiger partial charge in [-0.2, -0.15) is 11.8 Å². The zero-order valence-corrected chi connectivity index (χ0v) is 10.9. The van der Waals surface area contributed by atoms with Crippen LogP contribution in [0.3, 0.4) is 0 Å². The minimum Gasteiger partial charge on any atom is -0.385 e. The van der Waals surface area contributed by atoms with Crippen molar-refractivity contribution in [2.24, 2.45) is 5.73 Å². The number of hydrogen-bond donors (Lipinski definition) is 1. The van der Waals surface area contributed by atoms with Gasteiger partial charge in [-0.15, -0.1) is 0 Å². The van der Waals surface area contributed by atoms with Gasteiger partial charge in [-0.3, -0.25) is 4.90 Å². The summed E-state index contributed by atoms with van der Waals surface area (Å²) in [5, 5.41) is 1.48. The van der Waals surface area contributed by atoms with E-state index in [1.54, 1.807) is 7.11 Å². The second kappa shape index (κ2) is 6.74. The predicted octanol–water partition coefficient (Wildman–Crippen LogP) is 1.18. The van der Waals surface area contributed by atoms with Crippen LogP contribution in [-0.4, -0.2) is 54.8 Å². The van der Waals surface area contributed by atoms with E-state index in [1.807, 2.05) is 0 Å². The highest BCUT2D eigenvalue weighted by molar-refractivity contribution is 8.00. The standard InChI is InChI=1S/C11H24N2OS/c1-9-6-13(7-10(2)15-9)8-11(12)4-5-14-3/h9-11H,4-8,12H2,1-3H3. The minimum absolute atomic E-state index is 0.257. The molecule has 0 radical (unpaired) electrons. The summed E-state index contributed by atoms with van der Waals surface area (Å²) < 4.78 is 5.04. The molecule has 3 atom stereocenters. The average molecular weight is 232 g/mol. The van der Waals surface area contributed by atoms with Crippen LogP contribution < -0.4 is 5.73 Å². The molecule has 0 aliphatic carbocycles. The van der Waals surface area contributed by atoms with Gasteiger partial charge in [0.15, 0.2) is 0 Å².